The zero-order valence-corrected chi connectivity index (χ0v) is 10.6. The molecule has 0 bridgehead atoms. The summed E-state index contributed by atoms with van der Waals surface area (Å²) in [5, 5.41) is 4.18. The predicted octanol–water partition coefficient (Wildman–Crippen LogP) is 2.40. The van der Waals surface area contributed by atoms with E-state index >= 15 is 0 Å². The molecule has 0 spiro atoms. The molecule has 1 atom stereocenters. The predicted molar refractivity (Wildman–Crippen MR) is 69.6 cm³/mol. The van der Waals surface area contributed by atoms with E-state index in [1.54, 1.807) is 6.20 Å². The number of benzene rings is 1. The van der Waals surface area contributed by atoms with Gasteiger partial charge in [-0.15, -0.1) is 0 Å². The first-order chi connectivity index (χ1) is 8.03. The quantitative estimate of drug-likeness (QED) is 0.878. The van der Waals surface area contributed by atoms with Gasteiger partial charge >= 0.3 is 0 Å². The van der Waals surface area contributed by atoms with E-state index in [9.17, 15) is 0 Å². The highest BCUT2D eigenvalue weighted by molar-refractivity contribution is 5.28. The van der Waals surface area contributed by atoms with Crippen LogP contribution in [0.1, 0.15) is 31.1 Å². The minimum atomic E-state index is -0.116. The van der Waals surface area contributed by atoms with Gasteiger partial charge in [0.25, 0.3) is 0 Å². The lowest BCUT2D eigenvalue weighted by Gasteiger charge is -2.32. The molecule has 2 rings (SSSR count). The van der Waals surface area contributed by atoms with Crippen LogP contribution in [0.2, 0.25) is 0 Å². The number of rotatable bonds is 3. The molecule has 3 nitrogen and oxygen atoms in total. The number of nitrogens with zero attached hydrogens (tertiary/aromatic N) is 2. The summed E-state index contributed by atoms with van der Waals surface area (Å²) >= 11 is 0. The highest BCUT2D eigenvalue weighted by atomic mass is 15.3. The van der Waals surface area contributed by atoms with Gasteiger partial charge < -0.3 is 5.73 Å². The third-order valence-electron chi connectivity index (χ3n) is 3.47. The summed E-state index contributed by atoms with van der Waals surface area (Å²) in [6.07, 6.45) is 1.79. The maximum Gasteiger partial charge on any atom is 0.0559 e. The van der Waals surface area contributed by atoms with E-state index in [1.165, 1.54) is 5.56 Å². The molecular formula is C14H19N3. The van der Waals surface area contributed by atoms with E-state index in [0.29, 0.717) is 0 Å². The first-order valence-electron chi connectivity index (χ1n) is 5.82. The highest BCUT2D eigenvalue weighted by Crippen LogP contribution is 2.34. The summed E-state index contributed by atoms with van der Waals surface area (Å²) in [5.74, 6) is 0. The van der Waals surface area contributed by atoms with E-state index in [-0.39, 0.29) is 11.5 Å². The molecule has 0 saturated heterocycles. The fourth-order valence-electron chi connectivity index (χ4n) is 2.11. The van der Waals surface area contributed by atoms with Crippen molar-refractivity contribution in [2.75, 3.05) is 0 Å². The van der Waals surface area contributed by atoms with Gasteiger partial charge in [-0.3, -0.25) is 4.68 Å². The fraction of sp³-hybridized carbons (Fsp3) is 0.357. The van der Waals surface area contributed by atoms with Crippen LogP contribution in [0.15, 0.2) is 42.6 Å². The third kappa shape index (κ3) is 2.11. The molecule has 2 aromatic rings. The fourth-order valence-corrected chi connectivity index (χ4v) is 2.11. The molecule has 0 aliphatic carbocycles. The SMILES string of the molecule is Cn1nccc1C(N)C(C)(C)c1ccccc1. The zero-order valence-electron chi connectivity index (χ0n) is 10.6. The van der Waals surface area contributed by atoms with Crippen LogP contribution in [0.3, 0.4) is 0 Å². The summed E-state index contributed by atoms with van der Waals surface area (Å²) in [7, 11) is 1.93. The molecule has 0 fully saturated rings. The van der Waals surface area contributed by atoms with E-state index in [2.05, 4.69) is 31.1 Å². The van der Waals surface area contributed by atoms with E-state index in [0.717, 1.165) is 5.69 Å². The number of hydrogen-bond donors (Lipinski definition) is 1. The van der Waals surface area contributed by atoms with Gasteiger partial charge in [0.05, 0.1) is 11.7 Å². The monoisotopic (exact) mass is 229 g/mol. The standard InChI is InChI=1S/C14H19N3/c1-14(2,11-7-5-4-6-8-11)13(15)12-9-10-16-17(12)3/h4-10,13H,15H2,1-3H3. The third-order valence-corrected chi connectivity index (χ3v) is 3.47. The topological polar surface area (TPSA) is 43.8 Å². The number of aryl methyl sites for hydroxylation is 1. The Balaban J connectivity index is 2.37. The average Bonchev–Trinajstić information content (AvgIpc) is 2.75. The molecule has 1 aromatic heterocycles. The van der Waals surface area contributed by atoms with Crippen LogP contribution in [-0.4, -0.2) is 9.78 Å². The van der Waals surface area contributed by atoms with Gasteiger partial charge in [-0.25, -0.2) is 0 Å². The lowest BCUT2D eigenvalue weighted by molar-refractivity contribution is 0.400. The molecule has 0 amide bonds. The lowest BCUT2D eigenvalue weighted by atomic mass is 9.77. The van der Waals surface area contributed by atoms with Crippen molar-refractivity contribution in [1.29, 1.82) is 0 Å². The van der Waals surface area contributed by atoms with Gasteiger partial charge in [-0.1, -0.05) is 44.2 Å². The maximum atomic E-state index is 6.39. The van der Waals surface area contributed by atoms with Crippen molar-refractivity contribution in [3.8, 4) is 0 Å². The summed E-state index contributed by atoms with van der Waals surface area (Å²) < 4.78 is 1.84. The Labute approximate surface area is 102 Å². The molecule has 0 saturated carbocycles. The van der Waals surface area contributed by atoms with Gasteiger partial charge in [0, 0.05) is 18.7 Å². The van der Waals surface area contributed by atoms with Crippen LogP contribution in [0.25, 0.3) is 0 Å². The Bertz CT molecular complexity index is 485. The number of aromatic nitrogens is 2. The molecule has 1 aromatic carbocycles. The Hall–Kier alpha value is -1.61. The van der Waals surface area contributed by atoms with Crippen LogP contribution in [0.5, 0.6) is 0 Å². The second kappa shape index (κ2) is 4.34. The molecular weight excluding hydrogens is 210 g/mol. The van der Waals surface area contributed by atoms with Crippen molar-refractivity contribution in [2.24, 2.45) is 12.8 Å². The van der Waals surface area contributed by atoms with Gasteiger partial charge in [-0.05, 0) is 11.6 Å². The average molecular weight is 229 g/mol. The second-order valence-electron chi connectivity index (χ2n) is 4.95. The molecule has 3 heteroatoms. The first-order valence-corrected chi connectivity index (χ1v) is 5.82. The van der Waals surface area contributed by atoms with Gasteiger partial charge in [0.15, 0.2) is 0 Å². The number of nitrogens with two attached hydrogens (primary N) is 1. The smallest absolute Gasteiger partial charge is 0.0559 e. The molecule has 0 radical (unpaired) electrons. The summed E-state index contributed by atoms with van der Waals surface area (Å²) in [4.78, 5) is 0. The molecule has 17 heavy (non-hydrogen) atoms. The zero-order chi connectivity index (χ0) is 12.5. The van der Waals surface area contributed by atoms with Crippen molar-refractivity contribution in [3.63, 3.8) is 0 Å². The molecule has 2 N–H and O–H groups in total. The Morgan fingerprint density at radius 3 is 2.35 bits per heavy atom. The van der Waals surface area contributed by atoms with Crippen LogP contribution >= 0.6 is 0 Å². The summed E-state index contributed by atoms with van der Waals surface area (Å²) in [6, 6.07) is 12.3. The van der Waals surface area contributed by atoms with E-state index in [1.807, 2.05) is 36.0 Å². The van der Waals surface area contributed by atoms with E-state index < -0.39 is 0 Å². The van der Waals surface area contributed by atoms with Gasteiger partial charge in [-0.2, -0.15) is 5.10 Å². The first kappa shape index (κ1) is 11.9. The second-order valence-corrected chi connectivity index (χ2v) is 4.95. The lowest BCUT2D eigenvalue weighted by Crippen LogP contribution is -2.34. The minimum absolute atomic E-state index is 0.0719. The van der Waals surface area contributed by atoms with Gasteiger partial charge in [0.1, 0.15) is 0 Å². The van der Waals surface area contributed by atoms with Crippen LogP contribution < -0.4 is 5.73 Å². The largest absolute Gasteiger partial charge is 0.322 e. The minimum Gasteiger partial charge on any atom is -0.322 e. The Morgan fingerprint density at radius 1 is 1.18 bits per heavy atom. The van der Waals surface area contributed by atoms with E-state index in [4.69, 9.17) is 5.73 Å². The van der Waals surface area contributed by atoms with Crippen molar-refractivity contribution >= 4 is 0 Å². The molecule has 1 heterocycles. The Morgan fingerprint density at radius 2 is 1.82 bits per heavy atom. The van der Waals surface area contributed by atoms with Crippen molar-refractivity contribution in [3.05, 3.63) is 53.9 Å². The van der Waals surface area contributed by atoms with Crippen molar-refractivity contribution in [1.82, 2.24) is 9.78 Å². The van der Waals surface area contributed by atoms with Crippen LogP contribution in [0.4, 0.5) is 0 Å². The van der Waals surface area contributed by atoms with Gasteiger partial charge in [0.2, 0.25) is 0 Å². The highest BCUT2D eigenvalue weighted by Gasteiger charge is 2.31. The molecule has 90 valence electrons. The molecule has 0 aliphatic heterocycles. The normalized spacial score (nSPS) is 13.6. The van der Waals surface area contributed by atoms with Crippen LogP contribution in [0, 0.1) is 0 Å². The maximum absolute atomic E-state index is 6.39. The van der Waals surface area contributed by atoms with Crippen LogP contribution in [-0.2, 0) is 12.5 Å². The van der Waals surface area contributed by atoms with Crippen molar-refractivity contribution in [2.45, 2.75) is 25.3 Å². The summed E-state index contributed by atoms with van der Waals surface area (Å²) in [5.41, 5.74) is 8.57. The Kier molecular flexibility index (Phi) is 3.03. The summed E-state index contributed by atoms with van der Waals surface area (Å²) in [6.45, 7) is 4.33. The van der Waals surface area contributed by atoms with Crippen molar-refractivity contribution < 1.29 is 0 Å². The molecule has 0 aliphatic rings. The molecule has 1 unspecified atom stereocenters. The number of hydrogen-bond acceptors (Lipinski definition) is 2.